The molecule has 0 saturated carbocycles. The zero-order valence-corrected chi connectivity index (χ0v) is 18.0. The molecule has 0 spiro atoms. The zero-order valence-electron chi connectivity index (χ0n) is 18.0. The fraction of sp³-hybridized carbons (Fsp3) is 0. The second-order valence-electron chi connectivity index (χ2n) is 7.17. The molecule has 0 heterocycles. The maximum atomic E-state index is 12.3. The molecule has 0 bridgehead atoms. The lowest BCUT2D eigenvalue weighted by Gasteiger charge is -2.08. The Morgan fingerprint density at radius 3 is 1.26 bits per heavy atom. The van der Waals surface area contributed by atoms with Crippen molar-refractivity contribution in [2.75, 3.05) is 0 Å². The van der Waals surface area contributed by atoms with Crippen LogP contribution in [0.1, 0.15) is 20.7 Å². The van der Waals surface area contributed by atoms with E-state index in [0.717, 1.165) is 22.3 Å². The monoisotopic (exact) mass is 452 g/mol. The lowest BCUT2D eigenvalue weighted by Crippen LogP contribution is -2.10. The van der Waals surface area contributed by atoms with Gasteiger partial charge in [-0.1, -0.05) is 84.9 Å². The van der Waals surface area contributed by atoms with Crippen molar-refractivity contribution in [3.8, 4) is 22.3 Å². The molecular formula is C28H20O6. The topological polar surface area (TPSA) is 71.1 Å². The molecule has 0 aromatic heterocycles. The summed E-state index contributed by atoms with van der Waals surface area (Å²) in [7, 11) is 0. The Hall–Kier alpha value is -4.84. The lowest BCUT2D eigenvalue weighted by molar-refractivity contribution is -0.317. The quantitative estimate of drug-likeness (QED) is 0.176. The van der Waals surface area contributed by atoms with Gasteiger partial charge in [-0.15, -0.1) is 0 Å². The van der Waals surface area contributed by atoms with Crippen LogP contribution in [0.25, 0.3) is 22.3 Å². The van der Waals surface area contributed by atoms with Gasteiger partial charge in [-0.2, -0.15) is 0 Å². The first-order valence-electron chi connectivity index (χ1n) is 10.4. The average molecular weight is 452 g/mol. The molecule has 0 N–H and O–H groups in total. The smallest absolute Gasteiger partial charge is 0.243 e. The fourth-order valence-electron chi connectivity index (χ4n) is 3.19. The molecule has 0 saturated heterocycles. The van der Waals surface area contributed by atoms with E-state index < -0.39 is 17.9 Å². The van der Waals surface area contributed by atoms with Crippen molar-refractivity contribution in [3.05, 3.63) is 133 Å². The molecule has 4 rings (SSSR count). The Bertz CT molecular complexity index is 1200. The third-order valence-electron chi connectivity index (χ3n) is 4.83. The molecule has 0 amide bonds. The molecule has 6 heteroatoms. The van der Waals surface area contributed by atoms with Crippen molar-refractivity contribution in [2.24, 2.45) is 0 Å². The molecule has 0 aliphatic heterocycles. The molecule has 0 radical (unpaired) electrons. The highest BCUT2D eigenvalue weighted by Crippen LogP contribution is 2.22. The number of carbonyl (C=O) groups excluding carboxylic acids is 2. The summed E-state index contributed by atoms with van der Waals surface area (Å²) in [6.07, 6.45) is 0. The summed E-state index contributed by atoms with van der Waals surface area (Å²) in [6, 6.07) is 32.9. The summed E-state index contributed by atoms with van der Waals surface area (Å²) in [5, 5.41) is 0. The van der Waals surface area contributed by atoms with E-state index in [0.29, 0.717) is 0 Å². The molecule has 0 fully saturated rings. The van der Waals surface area contributed by atoms with Crippen molar-refractivity contribution in [3.63, 3.8) is 0 Å². The van der Waals surface area contributed by atoms with Gasteiger partial charge in [0.05, 0.1) is 11.1 Å². The van der Waals surface area contributed by atoms with E-state index in [-0.39, 0.29) is 11.1 Å². The average Bonchev–Trinajstić information content (AvgIpc) is 2.91. The summed E-state index contributed by atoms with van der Waals surface area (Å²) in [6.45, 7) is 3.42. The summed E-state index contributed by atoms with van der Waals surface area (Å²) < 4.78 is 0. The first-order chi connectivity index (χ1) is 16.6. The Labute approximate surface area is 196 Å². The van der Waals surface area contributed by atoms with E-state index >= 15 is 0 Å². The largest absolute Gasteiger partial charge is 0.386 e. The first kappa shape index (κ1) is 22.4. The van der Waals surface area contributed by atoms with E-state index in [4.69, 9.17) is 19.6 Å². The van der Waals surface area contributed by atoms with Gasteiger partial charge in [-0.05, 0) is 53.1 Å². The van der Waals surface area contributed by atoms with Crippen LogP contribution in [0.5, 0.6) is 0 Å². The zero-order chi connectivity index (χ0) is 23.8. The minimum Gasteiger partial charge on any atom is -0.243 e. The van der Waals surface area contributed by atoms with Gasteiger partial charge in [-0.3, -0.25) is 0 Å². The number of hydrogen-bond donors (Lipinski definition) is 0. The molecule has 4 aromatic carbocycles. The maximum absolute atomic E-state index is 12.3. The molecule has 0 aliphatic rings. The molecule has 168 valence electrons. The summed E-state index contributed by atoms with van der Waals surface area (Å²) >= 11 is 0. The second-order valence-corrected chi connectivity index (χ2v) is 7.17. The van der Waals surface area contributed by atoms with E-state index in [2.05, 4.69) is 6.58 Å². The lowest BCUT2D eigenvalue weighted by atomic mass is 10.0. The Kier molecular flexibility index (Phi) is 7.00. The van der Waals surface area contributed by atoms with E-state index in [1.54, 1.807) is 36.4 Å². The van der Waals surface area contributed by atoms with Crippen LogP contribution in [0.2, 0.25) is 0 Å². The van der Waals surface area contributed by atoms with Gasteiger partial charge in [0.25, 0.3) is 0 Å². The maximum Gasteiger partial charge on any atom is 0.386 e. The summed E-state index contributed by atoms with van der Waals surface area (Å²) in [5.41, 5.74) is 4.13. The van der Waals surface area contributed by atoms with Crippen LogP contribution in [-0.4, -0.2) is 11.9 Å². The van der Waals surface area contributed by atoms with Crippen LogP contribution >= 0.6 is 0 Å². The van der Waals surface area contributed by atoms with Crippen molar-refractivity contribution in [1.29, 1.82) is 0 Å². The minimum atomic E-state index is -0.760. The highest BCUT2D eigenvalue weighted by atomic mass is 17.3. The molecule has 6 nitrogen and oxygen atoms in total. The molecule has 0 unspecified atom stereocenters. The van der Waals surface area contributed by atoms with Crippen molar-refractivity contribution in [1.82, 2.24) is 0 Å². The standard InChI is InChI=1S/C28H20O6/c1-20(31-33-27(29)25-16-8-14-23(18-25)21-10-4-2-5-11-21)32-34-28(30)26-17-9-15-24(19-26)22-12-6-3-7-13-22/h2-19H,1H2. The van der Waals surface area contributed by atoms with Gasteiger partial charge in [0, 0.05) is 0 Å². The Balaban J connectivity index is 1.29. The van der Waals surface area contributed by atoms with Gasteiger partial charge < -0.3 is 0 Å². The normalized spacial score (nSPS) is 10.1. The Morgan fingerprint density at radius 1 is 0.471 bits per heavy atom. The van der Waals surface area contributed by atoms with Gasteiger partial charge >= 0.3 is 17.9 Å². The number of carbonyl (C=O) groups is 2. The second kappa shape index (κ2) is 10.7. The van der Waals surface area contributed by atoms with Crippen LogP contribution in [0.15, 0.2) is 122 Å². The highest BCUT2D eigenvalue weighted by molar-refractivity contribution is 5.91. The van der Waals surface area contributed by atoms with Gasteiger partial charge in [0.1, 0.15) is 0 Å². The van der Waals surface area contributed by atoms with Crippen LogP contribution in [0, 0.1) is 0 Å². The van der Waals surface area contributed by atoms with Gasteiger partial charge in [-0.25, -0.2) is 29.1 Å². The molecule has 0 aliphatic carbocycles. The highest BCUT2D eigenvalue weighted by Gasteiger charge is 2.15. The van der Waals surface area contributed by atoms with Crippen LogP contribution in [0.4, 0.5) is 0 Å². The van der Waals surface area contributed by atoms with Crippen molar-refractivity contribution >= 4 is 11.9 Å². The predicted octanol–water partition coefficient (Wildman–Crippen LogP) is 6.37. The van der Waals surface area contributed by atoms with E-state index in [9.17, 15) is 9.59 Å². The van der Waals surface area contributed by atoms with Crippen LogP contribution in [-0.2, 0) is 19.6 Å². The number of benzene rings is 4. The van der Waals surface area contributed by atoms with E-state index in [1.165, 1.54) is 0 Å². The molecular weight excluding hydrogens is 432 g/mol. The first-order valence-corrected chi connectivity index (χ1v) is 10.4. The van der Waals surface area contributed by atoms with Crippen molar-refractivity contribution < 1.29 is 29.1 Å². The minimum absolute atomic E-state index is 0.267. The SMILES string of the molecule is C=C(OOC(=O)c1cccc(-c2ccccc2)c1)OOC(=O)c1cccc(-c2ccccc2)c1. The molecule has 4 aromatic rings. The third kappa shape index (κ3) is 5.69. The third-order valence-corrected chi connectivity index (χ3v) is 4.83. The summed E-state index contributed by atoms with van der Waals surface area (Å²) in [4.78, 5) is 43.6. The van der Waals surface area contributed by atoms with Crippen molar-refractivity contribution in [2.45, 2.75) is 0 Å². The van der Waals surface area contributed by atoms with Gasteiger partial charge in [0.15, 0.2) is 0 Å². The van der Waals surface area contributed by atoms with Crippen LogP contribution < -0.4 is 0 Å². The van der Waals surface area contributed by atoms with E-state index in [1.807, 2.05) is 72.8 Å². The molecule has 34 heavy (non-hydrogen) atoms. The fourth-order valence-corrected chi connectivity index (χ4v) is 3.19. The number of hydrogen-bond acceptors (Lipinski definition) is 6. The number of rotatable bonds is 8. The summed E-state index contributed by atoms with van der Waals surface area (Å²) in [5.74, 6) is -2.03. The van der Waals surface area contributed by atoms with Gasteiger partial charge in [0.2, 0.25) is 0 Å². The Morgan fingerprint density at radius 2 is 0.853 bits per heavy atom. The predicted molar refractivity (Wildman–Crippen MR) is 126 cm³/mol. The molecule has 0 atom stereocenters. The van der Waals surface area contributed by atoms with Crippen LogP contribution in [0.3, 0.4) is 0 Å².